The summed E-state index contributed by atoms with van der Waals surface area (Å²) in [6.07, 6.45) is -0.109. The molecule has 0 bridgehead atoms. The van der Waals surface area contributed by atoms with Crippen LogP contribution >= 0.6 is 0 Å². The number of nitrogens with zero attached hydrogens (tertiary/aromatic N) is 1. The Bertz CT molecular complexity index is 281. The van der Waals surface area contributed by atoms with Gasteiger partial charge in [-0.25, -0.2) is 4.79 Å². The van der Waals surface area contributed by atoms with Crippen LogP contribution < -0.4 is 10.6 Å². The molecule has 3 amide bonds. The third-order valence-electron chi connectivity index (χ3n) is 2.04. The van der Waals surface area contributed by atoms with E-state index in [4.69, 9.17) is 5.11 Å². The first-order chi connectivity index (χ1) is 8.01. The van der Waals surface area contributed by atoms with Gasteiger partial charge in [0.2, 0.25) is 5.91 Å². The van der Waals surface area contributed by atoms with Gasteiger partial charge in [0.05, 0.1) is 13.0 Å². The van der Waals surface area contributed by atoms with Crippen LogP contribution in [0.1, 0.15) is 20.3 Å². The van der Waals surface area contributed by atoms with Crippen LogP contribution in [0.5, 0.6) is 0 Å². The predicted molar refractivity (Wildman–Crippen MR) is 61.6 cm³/mol. The summed E-state index contributed by atoms with van der Waals surface area (Å²) in [4.78, 5) is 34.3. The molecule has 3 N–H and O–H groups in total. The second kappa shape index (κ2) is 8.37. The van der Waals surface area contributed by atoms with E-state index in [0.29, 0.717) is 13.1 Å². The number of hydrogen-bond acceptors (Lipinski definition) is 3. The number of carbonyl (C=O) groups excluding carboxylic acids is 2. The van der Waals surface area contributed by atoms with Gasteiger partial charge in [0.15, 0.2) is 0 Å². The van der Waals surface area contributed by atoms with E-state index in [0.717, 1.165) is 0 Å². The number of nitrogens with one attached hydrogen (secondary N) is 2. The lowest BCUT2D eigenvalue weighted by atomic mass is 10.4. The van der Waals surface area contributed by atoms with E-state index in [1.165, 1.54) is 4.90 Å². The molecule has 0 aromatic heterocycles. The summed E-state index contributed by atoms with van der Waals surface area (Å²) in [7, 11) is 0. The summed E-state index contributed by atoms with van der Waals surface area (Å²) in [5.41, 5.74) is 0. The number of carbonyl (C=O) groups is 3. The molecule has 0 spiro atoms. The molecule has 0 aromatic rings. The van der Waals surface area contributed by atoms with Crippen LogP contribution in [-0.4, -0.2) is 54.1 Å². The van der Waals surface area contributed by atoms with Crippen LogP contribution in [0, 0.1) is 0 Å². The summed E-state index contributed by atoms with van der Waals surface area (Å²) >= 11 is 0. The fraction of sp³-hybridized carbons (Fsp3) is 0.700. The zero-order valence-electron chi connectivity index (χ0n) is 10.2. The van der Waals surface area contributed by atoms with Crippen molar-refractivity contribution in [3.05, 3.63) is 0 Å². The molecule has 0 aliphatic heterocycles. The van der Waals surface area contributed by atoms with Crippen molar-refractivity contribution < 1.29 is 19.5 Å². The van der Waals surface area contributed by atoms with Gasteiger partial charge in [-0.3, -0.25) is 9.59 Å². The van der Waals surface area contributed by atoms with Gasteiger partial charge in [-0.2, -0.15) is 0 Å². The number of aliphatic carboxylic acids is 1. The number of likely N-dealkylation sites (N-methyl/N-ethyl adjacent to an activating group) is 1. The second-order valence-corrected chi connectivity index (χ2v) is 3.34. The van der Waals surface area contributed by atoms with Crippen LogP contribution in [0.15, 0.2) is 0 Å². The fourth-order valence-electron chi connectivity index (χ4n) is 1.16. The highest BCUT2D eigenvalue weighted by Gasteiger charge is 2.13. The lowest BCUT2D eigenvalue weighted by Crippen LogP contribution is -2.45. The Morgan fingerprint density at radius 1 is 1.18 bits per heavy atom. The first-order valence-electron chi connectivity index (χ1n) is 5.52. The van der Waals surface area contributed by atoms with Gasteiger partial charge in [0, 0.05) is 19.6 Å². The number of rotatable bonds is 7. The molecule has 0 radical (unpaired) electrons. The van der Waals surface area contributed by atoms with Crippen LogP contribution in [0.3, 0.4) is 0 Å². The topological polar surface area (TPSA) is 98.7 Å². The normalized spacial score (nSPS) is 9.53. The van der Waals surface area contributed by atoms with Crippen molar-refractivity contribution in [3.63, 3.8) is 0 Å². The number of carboxylic acid groups (broad SMARTS) is 1. The van der Waals surface area contributed by atoms with Gasteiger partial charge in [0.1, 0.15) is 0 Å². The molecule has 98 valence electrons. The molecule has 0 rings (SSSR count). The number of carboxylic acids is 1. The Morgan fingerprint density at radius 3 is 2.29 bits per heavy atom. The predicted octanol–water partition coefficient (Wildman–Crippen LogP) is -0.371. The van der Waals surface area contributed by atoms with Crippen LogP contribution in [0.25, 0.3) is 0 Å². The van der Waals surface area contributed by atoms with Crippen molar-refractivity contribution in [2.24, 2.45) is 0 Å². The zero-order chi connectivity index (χ0) is 13.3. The van der Waals surface area contributed by atoms with Gasteiger partial charge in [-0.05, 0) is 13.8 Å². The molecule has 0 aliphatic rings. The highest BCUT2D eigenvalue weighted by atomic mass is 16.4. The van der Waals surface area contributed by atoms with E-state index in [1.807, 2.05) is 0 Å². The minimum atomic E-state index is -0.958. The van der Waals surface area contributed by atoms with Gasteiger partial charge in [-0.15, -0.1) is 0 Å². The quantitative estimate of drug-likeness (QED) is 0.570. The lowest BCUT2D eigenvalue weighted by molar-refractivity contribution is -0.137. The highest BCUT2D eigenvalue weighted by molar-refractivity contribution is 5.84. The van der Waals surface area contributed by atoms with Crippen molar-refractivity contribution in [2.75, 3.05) is 26.2 Å². The first-order valence-corrected chi connectivity index (χ1v) is 5.52. The molecule has 7 heteroatoms. The Labute approximate surface area is 100 Å². The van der Waals surface area contributed by atoms with Gasteiger partial charge in [0.25, 0.3) is 0 Å². The zero-order valence-corrected chi connectivity index (χ0v) is 10.2. The molecular formula is C10H19N3O4. The largest absolute Gasteiger partial charge is 0.481 e. The summed E-state index contributed by atoms with van der Waals surface area (Å²) in [5.74, 6) is -1.23. The fourth-order valence-corrected chi connectivity index (χ4v) is 1.16. The lowest BCUT2D eigenvalue weighted by Gasteiger charge is -2.20. The first kappa shape index (κ1) is 15.2. The molecule has 0 heterocycles. The minimum absolute atomic E-state index is 0.101. The summed E-state index contributed by atoms with van der Waals surface area (Å²) in [5, 5.41) is 13.5. The van der Waals surface area contributed by atoms with E-state index < -0.39 is 12.0 Å². The van der Waals surface area contributed by atoms with E-state index >= 15 is 0 Å². The number of hydrogen-bond donors (Lipinski definition) is 3. The van der Waals surface area contributed by atoms with Crippen molar-refractivity contribution in [3.8, 4) is 0 Å². The summed E-state index contributed by atoms with van der Waals surface area (Å²) in [6, 6.07) is -0.431. The van der Waals surface area contributed by atoms with Crippen molar-refractivity contribution >= 4 is 17.9 Å². The third kappa shape index (κ3) is 7.15. The van der Waals surface area contributed by atoms with Gasteiger partial charge >= 0.3 is 12.0 Å². The average molecular weight is 245 g/mol. The molecule has 7 nitrogen and oxygen atoms in total. The van der Waals surface area contributed by atoms with E-state index in [9.17, 15) is 14.4 Å². The SMILES string of the molecule is CCNC(=O)CNC(=O)N(CC)CCC(=O)O. The van der Waals surface area contributed by atoms with E-state index in [-0.39, 0.29) is 25.4 Å². The van der Waals surface area contributed by atoms with E-state index in [2.05, 4.69) is 10.6 Å². The van der Waals surface area contributed by atoms with Crippen molar-refractivity contribution in [1.82, 2.24) is 15.5 Å². The summed E-state index contributed by atoms with van der Waals surface area (Å²) < 4.78 is 0. The van der Waals surface area contributed by atoms with Gasteiger partial charge in [-0.1, -0.05) is 0 Å². The highest BCUT2D eigenvalue weighted by Crippen LogP contribution is 1.92. The molecule has 0 aliphatic carbocycles. The molecule has 17 heavy (non-hydrogen) atoms. The standard InChI is InChI=1S/C10H19N3O4/c1-3-11-8(14)7-12-10(17)13(4-2)6-5-9(15)16/h3-7H2,1-2H3,(H,11,14)(H,12,17)(H,15,16). The molecule has 0 saturated heterocycles. The molecule has 0 unspecified atom stereocenters. The molecule has 0 saturated carbocycles. The van der Waals surface area contributed by atoms with E-state index in [1.54, 1.807) is 13.8 Å². The van der Waals surface area contributed by atoms with Crippen LogP contribution in [0.2, 0.25) is 0 Å². The Kier molecular flexibility index (Phi) is 7.49. The van der Waals surface area contributed by atoms with Gasteiger partial charge < -0.3 is 20.6 Å². The maximum atomic E-state index is 11.5. The number of amides is 3. The maximum absolute atomic E-state index is 11.5. The van der Waals surface area contributed by atoms with Crippen molar-refractivity contribution in [2.45, 2.75) is 20.3 Å². The summed E-state index contributed by atoms with van der Waals surface area (Å²) in [6.45, 7) is 4.46. The Balaban J connectivity index is 3.99. The maximum Gasteiger partial charge on any atom is 0.317 e. The van der Waals surface area contributed by atoms with Crippen molar-refractivity contribution in [1.29, 1.82) is 0 Å². The molecule has 0 aromatic carbocycles. The molecule has 0 atom stereocenters. The third-order valence-corrected chi connectivity index (χ3v) is 2.04. The average Bonchev–Trinajstić information content (AvgIpc) is 2.27. The number of urea groups is 1. The monoisotopic (exact) mass is 245 g/mol. The molecule has 0 fully saturated rings. The second-order valence-electron chi connectivity index (χ2n) is 3.34. The molecular weight excluding hydrogens is 226 g/mol. The smallest absolute Gasteiger partial charge is 0.317 e. The Hall–Kier alpha value is -1.79. The van der Waals surface area contributed by atoms with Crippen LogP contribution in [0.4, 0.5) is 4.79 Å². The minimum Gasteiger partial charge on any atom is -0.481 e. The Morgan fingerprint density at radius 2 is 1.82 bits per heavy atom. The van der Waals surface area contributed by atoms with Crippen LogP contribution in [-0.2, 0) is 9.59 Å².